The Kier molecular flexibility index (Phi) is 30.7. The monoisotopic (exact) mass is 1880 g/mol. The Morgan fingerprint density at radius 3 is 1.25 bits per heavy atom. The molecule has 28 heteroatoms. The first-order valence-electron chi connectivity index (χ1n) is 47.1. The zero-order valence-corrected chi connectivity index (χ0v) is 79.0. The van der Waals surface area contributed by atoms with Crippen LogP contribution in [0, 0.1) is 25.5 Å². The average Bonchev–Trinajstić information content (AvgIpc) is 1.69. The summed E-state index contributed by atoms with van der Waals surface area (Å²) in [5, 5.41) is 57.2. The minimum atomic E-state index is -0.757. The largest absolute Gasteiger partial charge is 0.503 e. The van der Waals surface area contributed by atoms with Gasteiger partial charge < -0.3 is 62.8 Å². The summed E-state index contributed by atoms with van der Waals surface area (Å²) in [4.78, 5) is 84.0. The molecule has 12 heterocycles. The van der Waals surface area contributed by atoms with Gasteiger partial charge in [-0.05, 0) is 147 Å². The Morgan fingerprint density at radius 2 is 0.774 bits per heavy atom. The molecule has 0 spiro atoms. The van der Waals surface area contributed by atoms with E-state index < -0.39 is 23.1 Å². The van der Waals surface area contributed by atoms with E-state index in [-0.39, 0.29) is 84.3 Å². The van der Waals surface area contributed by atoms with Crippen LogP contribution in [-0.2, 0) is 97.8 Å². The van der Waals surface area contributed by atoms with Crippen molar-refractivity contribution in [1.29, 1.82) is 0 Å². The molecule has 0 saturated heterocycles. The second-order valence-electron chi connectivity index (χ2n) is 36.8. The minimum Gasteiger partial charge on any atom is -0.503 e. The van der Waals surface area contributed by atoms with E-state index in [0.29, 0.717) is 56.5 Å². The molecule has 0 saturated carbocycles. The maximum atomic E-state index is 14.2. The number of hydrogen-bond donors (Lipinski definition) is 6. The maximum absolute atomic E-state index is 14.2. The smallest absolute Gasteiger partial charge is 0.223 e. The van der Waals surface area contributed by atoms with Gasteiger partial charge in [0, 0.05) is 230 Å². The molecule has 6 unspecified atom stereocenters. The lowest BCUT2D eigenvalue weighted by Gasteiger charge is -2.37. The zero-order valence-electron chi connectivity index (χ0n) is 78.2. The van der Waals surface area contributed by atoms with Crippen molar-refractivity contribution < 1.29 is 44.2 Å². The highest BCUT2D eigenvalue weighted by Gasteiger charge is 2.35. The normalized spacial score (nSPS) is 17.6. The maximum Gasteiger partial charge on any atom is 0.223 e. The van der Waals surface area contributed by atoms with Gasteiger partial charge in [0.1, 0.15) is 17.4 Å². The second kappa shape index (κ2) is 43.4. The molecule has 0 amide bonds. The van der Waals surface area contributed by atoms with Crippen molar-refractivity contribution in [2.45, 2.75) is 194 Å². The first-order valence-corrected chi connectivity index (χ1v) is 47.5. The second-order valence-corrected chi connectivity index (χ2v) is 37.2. The zero-order chi connectivity index (χ0) is 96.4. The van der Waals surface area contributed by atoms with Gasteiger partial charge in [0.2, 0.25) is 32.6 Å². The van der Waals surface area contributed by atoms with Crippen LogP contribution in [0.25, 0.3) is 0 Å². The molecule has 714 valence electrons. The predicted octanol–water partition coefficient (Wildman–Crippen LogP) is 16.2. The number of methoxy groups -OCH3 is 1. The standard InChI is InChI=1S/C22H22N2O2.C19H22N2O2.C18H22N2O2.C17H20N2O3.C17H18N2O2.C16H15ClF2N2O2/c25-21-14-19-15-24(12-11-23(19)16-22(21)26)20(18-9-5-2-6-10-18)13-17-7-3-1-4-8-17;22-18-11-15-12-21(10-9-20(15)13-19(18)23)17-8-4-2-6-14-5-1-3-7-16(14)17;1-12-4-5-13(2)16(8-12)14(3)19-6-7-20-11-18(22)17(21)9-15(20)10-19;1-12(13-4-3-5-15(8-13)22-2)18-6-7-19-11-17(21)16(20)9-14(19)10-18;20-16-9-13-10-19(8-7-18(13)11-17(16)21)15-6-5-12-3-1-2-4-14(12)15;1-9(15-12(18)3-2-11(17)16(15)19)20-4-5-21-8-14(23)13(22)6-10(21)7-20/h1-10,14,16,20,26H,11-13,15H2;1,3,5,7,11,13,17,23H,2,4,6,8-10,12H2;4-5,8-9,11,14,22H,6-7,10H2,1-3H3;3-5,8-9,11-12,21H,6-7,10H2,1-2H3;1-4,9,11,15,21H,5-8,10H2;2-3,6,8-9,23H,4-5,7H2,1H3. The molecule has 7 aromatic carbocycles. The number of rotatable bonds is 13. The Hall–Kier alpha value is -13.3. The van der Waals surface area contributed by atoms with E-state index in [2.05, 4.69) is 174 Å². The number of ether oxygens (including phenoxy) is 1. The molecule has 13 aromatic rings. The van der Waals surface area contributed by atoms with Gasteiger partial charge in [-0.25, -0.2) is 8.78 Å². The van der Waals surface area contributed by atoms with Crippen molar-refractivity contribution in [3.8, 4) is 40.2 Å². The van der Waals surface area contributed by atoms with E-state index in [1.807, 2.05) is 58.1 Å². The summed E-state index contributed by atoms with van der Waals surface area (Å²) in [7, 11) is 1.67. The van der Waals surface area contributed by atoms with Crippen molar-refractivity contribution in [2.24, 2.45) is 0 Å². The molecule has 0 bridgehead atoms. The summed E-state index contributed by atoms with van der Waals surface area (Å²) < 4.78 is 45.2. The van der Waals surface area contributed by atoms with E-state index in [1.54, 1.807) is 67.7 Å². The topological polar surface area (TPSA) is 282 Å². The number of aromatic hydroxyl groups is 6. The lowest BCUT2D eigenvalue weighted by molar-refractivity contribution is 0.145. The molecule has 25 nitrogen and oxygen atoms in total. The van der Waals surface area contributed by atoms with Crippen LogP contribution in [0.15, 0.2) is 266 Å². The Balaban J connectivity index is 0.000000119. The fraction of sp³-hybridized carbons (Fsp3) is 0.339. The molecule has 0 fully saturated rings. The minimum absolute atomic E-state index is 0.0768. The number of hydrogen-bond acceptors (Lipinski definition) is 19. The first-order chi connectivity index (χ1) is 66.1. The van der Waals surface area contributed by atoms with Gasteiger partial charge in [-0.3, -0.25) is 58.2 Å². The van der Waals surface area contributed by atoms with Crippen molar-refractivity contribution >= 4 is 11.6 Å². The van der Waals surface area contributed by atoms with E-state index in [9.17, 15) is 68.2 Å². The van der Waals surface area contributed by atoms with E-state index >= 15 is 0 Å². The fourth-order valence-corrected chi connectivity index (χ4v) is 20.6. The third-order valence-corrected chi connectivity index (χ3v) is 28.5. The quantitative estimate of drug-likeness (QED) is 0.0462. The molecule has 137 heavy (non-hydrogen) atoms. The van der Waals surface area contributed by atoms with Crippen LogP contribution >= 0.6 is 11.6 Å². The lowest BCUT2D eigenvalue weighted by atomic mass is 9.96. The van der Waals surface area contributed by atoms with E-state index in [1.165, 1.54) is 112 Å². The number of nitrogens with zero attached hydrogens (tertiary/aromatic N) is 12. The molecular weight excluding hydrogens is 1760 g/mol. The summed E-state index contributed by atoms with van der Waals surface area (Å²) in [6.07, 6.45) is 17.3. The summed E-state index contributed by atoms with van der Waals surface area (Å²) in [5.41, 5.74) is 17.0. The van der Waals surface area contributed by atoms with Gasteiger partial charge in [0.05, 0.1) is 49.3 Å². The number of halogens is 3. The number of benzene rings is 7. The van der Waals surface area contributed by atoms with Crippen LogP contribution in [0.1, 0.15) is 178 Å². The number of fused-ring (bicyclic) bond motifs is 8. The van der Waals surface area contributed by atoms with Gasteiger partial charge in [0.25, 0.3) is 0 Å². The first kappa shape index (κ1) is 96.9. The molecule has 0 radical (unpaired) electrons. The molecule has 21 rings (SSSR count). The van der Waals surface area contributed by atoms with Crippen molar-refractivity contribution in [1.82, 2.24) is 56.8 Å². The van der Waals surface area contributed by atoms with Gasteiger partial charge in [-0.2, -0.15) is 0 Å². The van der Waals surface area contributed by atoms with Crippen LogP contribution < -0.4 is 37.3 Å². The van der Waals surface area contributed by atoms with Crippen molar-refractivity contribution in [2.75, 3.05) is 46.4 Å². The molecule has 6 aromatic heterocycles. The SMILES string of the molecule is CC(c1c(F)ccc(Cl)c1F)N1CCn2cc(O)c(=O)cc2C1.COc1cccc(C(C)N2CCn3cc(O)c(=O)cc3C2)c1.Cc1ccc(C)c(C(C)N2CCn3cc(O)c(=O)cc3C2)c1.O=c1cc2n(cc1O)CCN(C(Cc1ccccc1)c1ccccc1)C2.O=c1cc2n(cc1O)CCN(C1CCCCc3ccccc31)C2.O=c1cc2n(cc1O)CCN(C1CCc3ccccc31)C2. The molecular formula is C109H119ClF2N12O13. The van der Waals surface area contributed by atoms with Crippen LogP contribution in [0.5, 0.6) is 40.2 Å². The number of aryl methyl sites for hydroxylation is 4. The van der Waals surface area contributed by atoms with Gasteiger partial charge in [0.15, 0.2) is 34.5 Å². The van der Waals surface area contributed by atoms with E-state index in [0.717, 1.165) is 145 Å². The van der Waals surface area contributed by atoms with Crippen LogP contribution in [-0.4, -0.2) is 134 Å². The molecule has 6 aliphatic heterocycles. The van der Waals surface area contributed by atoms with Gasteiger partial charge in [-0.15, -0.1) is 0 Å². The average molecular weight is 1880 g/mol. The van der Waals surface area contributed by atoms with Gasteiger partial charge >= 0.3 is 0 Å². The van der Waals surface area contributed by atoms with E-state index in [4.69, 9.17) is 16.3 Å². The third-order valence-electron chi connectivity index (χ3n) is 28.2. The Morgan fingerprint density at radius 1 is 0.380 bits per heavy atom. The summed E-state index contributed by atoms with van der Waals surface area (Å²) in [6.45, 7) is 23.9. The molecule has 8 aliphatic rings. The predicted molar refractivity (Wildman–Crippen MR) is 526 cm³/mol. The van der Waals surface area contributed by atoms with Crippen molar-refractivity contribution in [3.63, 3.8) is 0 Å². The fourth-order valence-electron chi connectivity index (χ4n) is 20.4. The summed E-state index contributed by atoms with van der Waals surface area (Å²) in [6, 6.07) is 65.7. The van der Waals surface area contributed by atoms with Crippen LogP contribution in [0.4, 0.5) is 8.78 Å². The summed E-state index contributed by atoms with van der Waals surface area (Å²) >= 11 is 5.75. The lowest BCUT2D eigenvalue weighted by Crippen LogP contribution is -2.38. The Bertz CT molecular complexity index is 6910. The molecule has 6 N–H and O–H groups in total. The number of aromatic nitrogens is 6. The summed E-state index contributed by atoms with van der Waals surface area (Å²) in [5.74, 6) is -1.68. The highest BCUT2D eigenvalue weighted by Crippen LogP contribution is 2.41. The highest BCUT2D eigenvalue weighted by molar-refractivity contribution is 6.30. The van der Waals surface area contributed by atoms with Crippen LogP contribution in [0.3, 0.4) is 0 Å². The van der Waals surface area contributed by atoms with Gasteiger partial charge in [-0.1, -0.05) is 163 Å². The Labute approximate surface area is 799 Å². The van der Waals surface area contributed by atoms with Crippen LogP contribution in [0.2, 0.25) is 5.02 Å². The highest BCUT2D eigenvalue weighted by atomic mass is 35.5. The number of pyridine rings is 6. The van der Waals surface area contributed by atoms with Crippen molar-refractivity contribution in [3.05, 3.63) is 411 Å². The third kappa shape index (κ3) is 22.7. The molecule has 2 aliphatic carbocycles. The molecule has 6 atom stereocenters.